The first-order valence-corrected chi connectivity index (χ1v) is 8.13. The van der Waals surface area contributed by atoms with E-state index in [1.54, 1.807) is 12.1 Å². The van der Waals surface area contributed by atoms with Crippen molar-refractivity contribution in [3.8, 4) is 5.75 Å². The number of rotatable bonds is 8. The second-order valence-corrected chi connectivity index (χ2v) is 6.43. The highest BCUT2D eigenvalue weighted by molar-refractivity contribution is 5.92. The molecule has 1 aromatic carbocycles. The number of hydrogen-bond donors (Lipinski definition) is 1. The first-order valence-electron chi connectivity index (χ1n) is 8.13. The van der Waals surface area contributed by atoms with Crippen molar-refractivity contribution in [2.24, 2.45) is 5.92 Å². The van der Waals surface area contributed by atoms with E-state index in [1.807, 2.05) is 0 Å². The monoisotopic (exact) mass is 324 g/mol. The molecule has 0 radical (unpaired) electrons. The van der Waals surface area contributed by atoms with E-state index in [4.69, 9.17) is 0 Å². The number of nitrogens with zero attached hydrogens (tertiary/aromatic N) is 1. The predicted molar refractivity (Wildman–Crippen MR) is 83.6 cm³/mol. The van der Waals surface area contributed by atoms with Crippen LogP contribution in [0.4, 0.5) is 14.5 Å². The number of nitrogens with one attached hydrogen (secondary N) is 1. The summed E-state index contributed by atoms with van der Waals surface area (Å²) in [6, 6.07) is 6.98. The van der Waals surface area contributed by atoms with Crippen molar-refractivity contribution in [3.05, 3.63) is 24.3 Å². The minimum atomic E-state index is -2.84. The number of halogens is 2. The van der Waals surface area contributed by atoms with Crippen LogP contribution in [0, 0.1) is 5.92 Å². The van der Waals surface area contributed by atoms with Gasteiger partial charge in [-0.3, -0.25) is 9.69 Å². The third-order valence-electron chi connectivity index (χ3n) is 4.53. The Balaban J connectivity index is 1.53. The molecule has 0 spiro atoms. The lowest BCUT2D eigenvalue weighted by atomic mass is 10.1. The molecule has 1 atom stereocenters. The largest absolute Gasteiger partial charge is 0.435 e. The van der Waals surface area contributed by atoms with Crippen LogP contribution in [-0.4, -0.2) is 36.0 Å². The highest BCUT2D eigenvalue weighted by atomic mass is 19.3. The molecule has 1 aromatic rings. The highest BCUT2D eigenvalue weighted by Gasteiger charge is 2.39. The lowest BCUT2D eigenvalue weighted by Gasteiger charge is -2.28. The number of amides is 1. The van der Waals surface area contributed by atoms with Crippen molar-refractivity contribution >= 4 is 11.6 Å². The average Bonchev–Trinajstić information content (AvgIpc) is 3.38. The third-order valence-corrected chi connectivity index (χ3v) is 4.53. The number of ether oxygens (including phenoxy) is 1. The summed E-state index contributed by atoms with van der Waals surface area (Å²) in [6.45, 7) is -0.247. The van der Waals surface area contributed by atoms with Crippen molar-refractivity contribution < 1.29 is 18.3 Å². The van der Waals surface area contributed by atoms with Gasteiger partial charge in [0.25, 0.3) is 0 Å². The molecule has 1 N–H and O–H groups in total. The zero-order valence-corrected chi connectivity index (χ0v) is 13.2. The van der Waals surface area contributed by atoms with Crippen molar-refractivity contribution in [2.75, 3.05) is 11.9 Å². The SMILES string of the molecule is CC(C1CC1)N(CC(=O)Nc1ccc(OC(F)F)cc1)C1CC1. The molecule has 4 nitrogen and oxygen atoms in total. The summed E-state index contributed by atoms with van der Waals surface area (Å²) in [5.74, 6) is 0.751. The smallest absolute Gasteiger partial charge is 0.387 e. The molecule has 0 bridgehead atoms. The molecule has 2 aliphatic carbocycles. The number of benzene rings is 1. The van der Waals surface area contributed by atoms with Crippen LogP contribution >= 0.6 is 0 Å². The van der Waals surface area contributed by atoms with Crippen molar-refractivity contribution in [2.45, 2.75) is 51.3 Å². The number of hydrogen-bond acceptors (Lipinski definition) is 3. The van der Waals surface area contributed by atoms with Gasteiger partial charge in [-0.05, 0) is 62.8 Å². The van der Waals surface area contributed by atoms with E-state index >= 15 is 0 Å². The van der Waals surface area contributed by atoms with Gasteiger partial charge < -0.3 is 10.1 Å². The normalized spacial score (nSPS) is 19.0. The van der Waals surface area contributed by atoms with Gasteiger partial charge in [0.15, 0.2) is 0 Å². The van der Waals surface area contributed by atoms with E-state index in [9.17, 15) is 13.6 Å². The molecule has 0 saturated heterocycles. The predicted octanol–water partition coefficient (Wildman–Crippen LogP) is 3.49. The van der Waals surface area contributed by atoms with Crippen LogP contribution in [0.2, 0.25) is 0 Å². The summed E-state index contributed by atoms with van der Waals surface area (Å²) in [4.78, 5) is 14.6. The van der Waals surface area contributed by atoms with Gasteiger partial charge in [0.1, 0.15) is 5.75 Å². The van der Waals surface area contributed by atoms with Crippen LogP contribution < -0.4 is 10.1 Å². The fraction of sp³-hybridized carbons (Fsp3) is 0.588. The summed E-state index contributed by atoms with van der Waals surface area (Å²) < 4.78 is 28.5. The fourth-order valence-corrected chi connectivity index (χ4v) is 2.95. The topological polar surface area (TPSA) is 41.6 Å². The standard InChI is InChI=1S/C17H22F2N2O2/c1-11(12-2-3-12)21(14-6-7-14)10-16(22)20-13-4-8-15(9-5-13)23-17(18)19/h4-5,8-9,11-12,14,17H,2-3,6-7,10H2,1H3,(H,20,22). The Kier molecular flexibility index (Phi) is 4.80. The van der Waals surface area contributed by atoms with Crippen molar-refractivity contribution in [1.82, 2.24) is 4.90 Å². The second kappa shape index (κ2) is 6.83. The van der Waals surface area contributed by atoms with E-state index in [0.717, 1.165) is 5.92 Å². The number of alkyl halides is 2. The molecule has 23 heavy (non-hydrogen) atoms. The Labute approximate surface area is 134 Å². The Morgan fingerprint density at radius 3 is 2.43 bits per heavy atom. The van der Waals surface area contributed by atoms with Gasteiger partial charge in [0.2, 0.25) is 5.91 Å². The molecule has 126 valence electrons. The summed E-state index contributed by atoms with van der Waals surface area (Å²) in [5, 5.41) is 2.83. The molecule has 6 heteroatoms. The molecular weight excluding hydrogens is 302 g/mol. The lowest BCUT2D eigenvalue weighted by Crippen LogP contribution is -2.42. The number of carbonyl (C=O) groups is 1. The molecule has 1 amide bonds. The molecule has 1 unspecified atom stereocenters. The highest BCUT2D eigenvalue weighted by Crippen LogP contribution is 2.39. The lowest BCUT2D eigenvalue weighted by molar-refractivity contribution is -0.118. The van der Waals surface area contributed by atoms with Gasteiger partial charge >= 0.3 is 6.61 Å². The average molecular weight is 324 g/mol. The van der Waals surface area contributed by atoms with Gasteiger partial charge in [0, 0.05) is 17.8 Å². The first kappa shape index (κ1) is 16.2. The quantitative estimate of drug-likeness (QED) is 0.796. The summed E-state index contributed by atoms with van der Waals surface area (Å²) in [6.07, 6.45) is 4.86. The van der Waals surface area contributed by atoms with Crippen LogP contribution in [-0.2, 0) is 4.79 Å². The maximum atomic E-state index is 12.3. The zero-order valence-electron chi connectivity index (χ0n) is 13.2. The van der Waals surface area contributed by atoms with E-state index in [-0.39, 0.29) is 11.7 Å². The summed E-state index contributed by atoms with van der Waals surface area (Å²) in [5.41, 5.74) is 0.589. The molecule has 3 rings (SSSR count). The third kappa shape index (κ3) is 4.64. The van der Waals surface area contributed by atoms with Gasteiger partial charge in [-0.25, -0.2) is 0 Å². The Hall–Kier alpha value is -1.69. The summed E-state index contributed by atoms with van der Waals surface area (Å²) in [7, 11) is 0. The van der Waals surface area contributed by atoms with Crippen LogP contribution in [0.15, 0.2) is 24.3 Å². The van der Waals surface area contributed by atoms with Crippen LogP contribution in [0.25, 0.3) is 0 Å². The van der Waals surface area contributed by atoms with E-state index < -0.39 is 6.61 Å². The molecule has 0 aliphatic heterocycles. The Morgan fingerprint density at radius 2 is 1.91 bits per heavy atom. The first-order chi connectivity index (χ1) is 11.0. The van der Waals surface area contributed by atoms with E-state index in [1.165, 1.54) is 37.8 Å². The minimum absolute atomic E-state index is 0.0630. The fourth-order valence-electron chi connectivity index (χ4n) is 2.95. The molecule has 0 heterocycles. The number of anilines is 1. The maximum Gasteiger partial charge on any atom is 0.387 e. The van der Waals surface area contributed by atoms with Gasteiger partial charge in [-0.15, -0.1) is 0 Å². The van der Waals surface area contributed by atoms with Crippen molar-refractivity contribution in [3.63, 3.8) is 0 Å². The Morgan fingerprint density at radius 1 is 1.26 bits per heavy atom. The summed E-state index contributed by atoms with van der Waals surface area (Å²) >= 11 is 0. The van der Waals surface area contributed by atoms with Crippen LogP contribution in [0.5, 0.6) is 5.75 Å². The molecule has 0 aromatic heterocycles. The number of carbonyl (C=O) groups excluding carboxylic acids is 1. The van der Waals surface area contributed by atoms with Gasteiger partial charge in [0.05, 0.1) is 6.54 Å². The van der Waals surface area contributed by atoms with Gasteiger partial charge in [-0.2, -0.15) is 8.78 Å². The molecule has 2 saturated carbocycles. The van der Waals surface area contributed by atoms with E-state index in [0.29, 0.717) is 24.3 Å². The molecular formula is C17H22F2N2O2. The van der Waals surface area contributed by atoms with E-state index in [2.05, 4.69) is 21.9 Å². The maximum absolute atomic E-state index is 12.3. The van der Waals surface area contributed by atoms with Crippen molar-refractivity contribution in [1.29, 1.82) is 0 Å². The van der Waals surface area contributed by atoms with Crippen LogP contribution in [0.1, 0.15) is 32.6 Å². The van der Waals surface area contributed by atoms with Crippen LogP contribution in [0.3, 0.4) is 0 Å². The molecule has 2 fully saturated rings. The molecule has 2 aliphatic rings. The Bertz CT molecular complexity index is 542. The second-order valence-electron chi connectivity index (χ2n) is 6.43. The zero-order chi connectivity index (χ0) is 16.4. The minimum Gasteiger partial charge on any atom is -0.435 e. The van der Waals surface area contributed by atoms with Gasteiger partial charge in [-0.1, -0.05) is 0 Å².